The molecule has 200 valence electrons. The van der Waals surface area contributed by atoms with E-state index in [9.17, 15) is 8.42 Å². The van der Waals surface area contributed by atoms with Crippen molar-refractivity contribution in [2.24, 2.45) is 0 Å². The number of hydrogen-bond acceptors (Lipinski definition) is 4. The first-order chi connectivity index (χ1) is 18.8. The standard InChI is InChI=1S/C32H34N4O2S/c1-23-12-18-28(19-13-23)39(37,38)36(27-10-7-11-27)31-29-20-21-32(22-30(29)33-34-31,24-8-5-4-6-9-24)25-14-16-26(17-15-25)35(2)3/h4-6,8-9,12-21,27H,7,10-11,22H2,1-3H3,(H,33,34). The molecule has 0 aliphatic heterocycles. The zero-order valence-electron chi connectivity index (χ0n) is 22.6. The fourth-order valence-corrected chi connectivity index (χ4v) is 7.38. The van der Waals surface area contributed by atoms with E-state index in [4.69, 9.17) is 0 Å². The summed E-state index contributed by atoms with van der Waals surface area (Å²) in [5.74, 6) is 0.496. The van der Waals surface area contributed by atoms with E-state index >= 15 is 0 Å². The summed E-state index contributed by atoms with van der Waals surface area (Å²) in [7, 11) is 0.314. The fourth-order valence-electron chi connectivity index (χ4n) is 5.70. The van der Waals surface area contributed by atoms with Crippen molar-refractivity contribution in [1.29, 1.82) is 0 Å². The predicted octanol–water partition coefficient (Wildman–Crippen LogP) is 6.09. The number of rotatable bonds is 7. The van der Waals surface area contributed by atoms with Crippen LogP contribution in [0.4, 0.5) is 11.5 Å². The number of anilines is 2. The monoisotopic (exact) mass is 538 g/mol. The van der Waals surface area contributed by atoms with Crippen molar-refractivity contribution in [1.82, 2.24) is 10.2 Å². The van der Waals surface area contributed by atoms with Gasteiger partial charge in [-0.15, -0.1) is 0 Å². The summed E-state index contributed by atoms with van der Waals surface area (Å²) in [4.78, 5) is 2.40. The molecule has 0 bridgehead atoms. The number of aromatic nitrogens is 2. The predicted molar refractivity (Wildman–Crippen MR) is 158 cm³/mol. The molecule has 1 N–H and O–H groups in total. The number of sulfonamides is 1. The van der Waals surface area contributed by atoms with Crippen molar-refractivity contribution >= 4 is 27.6 Å². The maximum atomic E-state index is 14.0. The van der Waals surface area contributed by atoms with Crippen LogP contribution in [0.2, 0.25) is 0 Å². The lowest BCUT2D eigenvalue weighted by molar-refractivity contribution is 0.413. The summed E-state index contributed by atoms with van der Waals surface area (Å²) in [5.41, 5.74) is 5.93. The van der Waals surface area contributed by atoms with Crippen LogP contribution < -0.4 is 9.21 Å². The number of aryl methyl sites for hydroxylation is 1. The Labute approximate surface area is 231 Å². The van der Waals surface area contributed by atoms with Crippen LogP contribution in [0.1, 0.15) is 47.2 Å². The Morgan fingerprint density at radius 2 is 1.56 bits per heavy atom. The number of H-pyrrole nitrogens is 1. The molecule has 1 heterocycles. The van der Waals surface area contributed by atoms with Crippen molar-refractivity contribution in [3.05, 3.63) is 113 Å². The average Bonchev–Trinajstić information content (AvgIpc) is 3.33. The SMILES string of the molecule is Cc1ccc(S(=O)(=O)N(c2n[nH]c3c2C=CC(c2ccccc2)(c2ccc(N(C)C)cc2)C3)C2CCC2)cc1. The fraction of sp³-hybridized carbons (Fsp3) is 0.281. The first kappa shape index (κ1) is 25.4. The Morgan fingerprint density at radius 3 is 2.18 bits per heavy atom. The van der Waals surface area contributed by atoms with Crippen LogP contribution in [0.25, 0.3) is 6.08 Å². The van der Waals surface area contributed by atoms with Gasteiger partial charge in [0.15, 0.2) is 5.82 Å². The number of hydrogen-bond donors (Lipinski definition) is 1. The van der Waals surface area contributed by atoms with Gasteiger partial charge < -0.3 is 4.90 Å². The lowest BCUT2D eigenvalue weighted by Crippen LogP contribution is -2.45. The van der Waals surface area contributed by atoms with E-state index in [0.29, 0.717) is 17.1 Å². The zero-order chi connectivity index (χ0) is 27.2. The van der Waals surface area contributed by atoms with Crippen LogP contribution in [0.5, 0.6) is 0 Å². The second-order valence-corrected chi connectivity index (χ2v) is 12.7. The summed E-state index contributed by atoms with van der Waals surface area (Å²) in [6, 6.07) is 26.2. The minimum absolute atomic E-state index is 0.0866. The highest BCUT2D eigenvalue weighted by atomic mass is 32.2. The van der Waals surface area contributed by atoms with Crippen LogP contribution in [-0.4, -0.2) is 38.8 Å². The van der Waals surface area contributed by atoms with Crippen LogP contribution in [-0.2, 0) is 21.9 Å². The Hall–Kier alpha value is -3.84. The van der Waals surface area contributed by atoms with Gasteiger partial charge in [-0.1, -0.05) is 72.3 Å². The summed E-state index contributed by atoms with van der Waals surface area (Å²) < 4.78 is 29.5. The van der Waals surface area contributed by atoms with Gasteiger partial charge in [0.1, 0.15) is 0 Å². The van der Waals surface area contributed by atoms with Gasteiger partial charge in [-0.2, -0.15) is 5.10 Å². The highest BCUT2D eigenvalue weighted by Crippen LogP contribution is 2.45. The van der Waals surface area contributed by atoms with Crippen molar-refractivity contribution in [3.63, 3.8) is 0 Å². The molecule has 1 fully saturated rings. The van der Waals surface area contributed by atoms with Crippen molar-refractivity contribution in [2.45, 2.75) is 49.0 Å². The van der Waals surface area contributed by atoms with Gasteiger partial charge in [0.25, 0.3) is 10.0 Å². The molecule has 39 heavy (non-hydrogen) atoms. The second-order valence-electron chi connectivity index (χ2n) is 10.9. The van der Waals surface area contributed by atoms with Crippen molar-refractivity contribution in [3.8, 4) is 0 Å². The third kappa shape index (κ3) is 4.35. The molecule has 7 heteroatoms. The van der Waals surface area contributed by atoms with E-state index in [2.05, 4.69) is 75.8 Å². The van der Waals surface area contributed by atoms with E-state index < -0.39 is 15.4 Å². The molecule has 4 aromatic rings. The average molecular weight is 539 g/mol. The molecule has 6 rings (SSSR count). The summed E-state index contributed by atoms with van der Waals surface area (Å²) in [5, 5.41) is 7.92. The summed E-state index contributed by atoms with van der Waals surface area (Å²) in [6.45, 7) is 1.96. The Morgan fingerprint density at radius 1 is 0.897 bits per heavy atom. The lowest BCUT2D eigenvalue weighted by atomic mass is 9.68. The number of fused-ring (bicyclic) bond motifs is 1. The topological polar surface area (TPSA) is 69.3 Å². The molecule has 6 nitrogen and oxygen atoms in total. The first-order valence-electron chi connectivity index (χ1n) is 13.5. The van der Waals surface area contributed by atoms with Gasteiger partial charge in [0.2, 0.25) is 0 Å². The van der Waals surface area contributed by atoms with E-state index in [0.717, 1.165) is 41.8 Å². The molecule has 2 aliphatic carbocycles. The van der Waals surface area contributed by atoms with Crippen LogP contribution in [0.3, 0.4) is 0 Å². The minimum Gasteiger partial charge on any atom is -0.378 e. The molecule has 0 saturated heterocycles. The molecule has 0 spiro atoms. The van der Waals surface area contributed by atoms with Gasteiger partial charge in [0, 0.05) is 48.9 Å². The molecule has 1 aromatic heterocycles. The first-order valence-corrected chi connectivity index (χ1v) is 14.9. The number of benzene rings is 3. The summed E-state index contributed by atoms with van der Waals surface area (Å²) in [6.07, 6.45) is 7.64. The maximum absolute atomic E-state index is 14.0. The van der Waals surface area contributed by atoms with Gasteiger partial charge in [-0.05, 0) is 61.6 Å². The van der Waals surface area contributed by atoms with Gasteiger partial charge in [-0.25, -0.2) is 12.7 Å². The zero-order valence-corrected chi connectivity index (χ0v) is 23.4. The lowest BCUT2D eigenvalue weighted by Gasteiger charge is -2.38. The number of nitrogens with zero attached hydrogens (tertiary/aromatic N) is 3. The number of allylic oxidation sites excluding steroid dienone is 1. The second kappa shape index (κ2) is 9.72. The largest absolute Gasteiger partial charge is 0.378 e. The van der Waals surface area contributed by atoms with Crippen molar-refractivity contribution in [2.75, 3.05) is 23.3 Å². The van der Waals surface area contributed by atoms with Gasteiger partial charge in [-0.3, -0.25) is 5.10 Å². The normalized spacial score (nSPS) is 18.8. The van der Waals surface area contributed by atoms with E-state index in [1.165, 1.54) is 11.1 Å². The molecular formula is C32H34N4O2S. The molecule has 0 amide bonds. The molecule has 1 saturated carbocycles. The third-order valence-corrected chi connectivity index (χ3v) is 10.1. The Balaban J connectivity index is 1.44. The number of aromatic amines is 1. The van der Waals surface area contributed by atoms with Crippen molar-refractivity contribution < 1.29 is 8.42 Å². The Kier molecular flexibility index (Phi) is 6.34. The van der Waals surface area contributed by atoms with E-state index in [1.807, 2.05) is 39.2 Å². The quantitative estimate of drug-likeness (QED) is 0.309. The van der Waals surface area contributed by atoms with Gasteiger partial charge in [0.05, 0.1) is 4.90 Å². The minimum atomic E-state index is -3.77. The molecule has 1 unspecified atom stereocenters. The maximum Gasteiger partial charge on any atom is 0.265 e. The molecule has 1 atom stereocenters. The molecule has 0 radical (unpaired) electrons. The van der Waals surface area contributed by atoms with E-state index in [1.54, 1.807) is 16.4 Å². The highest BCUT2D eigenvalue weighted by Gasteiger charge is 2.41. The number of nitrogens with one attached hydrogen (secondary N) is 1. The molecular weight excluding hydrogens is 504 g/mol. The van der Waals surface area contributed by atoms with Crippen LogP contribution in [0, 0.1) is 6.92 Å². The molecule has 2 aliphatic rings. The summed E-state index contributed by atoms with van der Waals surface area (Å²) >= 11 is 0. The smallest absolute Gasteiger partial charge is 0.265 e. The van der Waals surface area contributed by atoms with Crippen LogP contribution >= 0.6 is 0 Å². The van der Waals surface area contributed by atoms with Crippen LogP contribution in [0.15, 0.2) is 89.8 Å². The Bertz CT molecular complexity index is 1600. The highest BCUT2D eigenvalue weighted by molar-refractivity contribution is 7.92. The van der Waals surface area contributed by atoms with Gasteiger partial charge >= 0.3 is 0 Å². The molecule has 3 aromatic carbocycles. The van der Waals surface area contributed by atoms with E-state index in [-0.39, 0.29) is 6.04 Å². The third-order valence-electron chi connectivity index (χ3n) is 8.23.